The number of aromatic nitrogens is 3. The topological polar surface area (TPSA) is 60.2 Å². The van der Waals surface area contributed by atoms with Crippen LogP contribution in [-0.2, 0) is 0 Å². The molecule has 0 spiro atoms. The molecule has 3 aromatic rings. The average Bonchev–Trinajstić information content (AvgIpc) is 3.05. The lowest BCUT2D eigenvalue weighted by atomic mass is 9.87. The summed E-state index contributed by atoms with van der Waals surface area (Å²) in [6.07, 6.45) is 4.36. The lowest BCUT2D eigenvalue weighted by Gasteiger charge is -2.42. The van der Waals surface area contributed by atoms with Crippen LogP contribution in [0.2, 0.25) is 5.02 Å². The summed E-state index contributed by atoms with van der Waals surface area (Å²) in [6.45, 7) is 3.75. The van der Waals surface area contributed by atoms with Gasteiger partial charge in [-0.2, -0.15) is 5.10 Å². The van der Waals surface area contributed by atoms with Crippen molar-refractivity contribution in [2.75, 3.05) is 0 Å². The van der Waals surface area contributed by atoms with Gasteiger partial charge in [0, 0.05) is 29.2 Å². The minimum absolute atomic E-state index is 0.395. The second-order valence-electron chi connectivity index (χ2n) is 6.68. The zero-order chi connectivity index (χ0) is 17.6. The number of pyridine rings is 1. The molecule has 25 heavy (non-hydrogen) atoms. The van der Waals surface area contributed by atoms with Gasteiger partial charge in [-0.3, -0.25) is 9.67 Å². The van der Waals surface area contributed by atoms with Crippen molar-refractivity contribution in [3.8, 4) is 17.0 Å². The molecule has 0 bridgehead atoms. The number of aliphatic hydroxyl groups is 1. The van der Waals surface area contributed by atoms with E-state index in [2.05, 4.69) is 10.1 Å². The van der Waals surface area contributed by atoms with E-state index < -0.39 is 17.7 Å². The Labute approximate surface area is 150 Å². The van der Waals surface area contributed by atoms with E-state index in [-0.39, 0.29) is 0 Å². The van der Waals surface area contributed by atoms with Crippen LogP contribution in [0.25, 0.3) is 11.3 Å². The lowest BCUT2D eigenvalue weighted by molar-refractivity contribution is -0.0656. The van der Waals surface area contributed by atoms with E-state index in [1.54, 1.807) is 18.6 Å². The fourth-order valence-corrected chi connectivity index (χ4v) is 3.38. The molecule has 2 aromatic heterocycles. The molecule has 2 atom stereocenters. The van der Waals surface area contributed by atoms with E-state index in [0.29, 0.717) is 10.8 Å². The third-order valence-electron chi connectivity index (χ3n) is 4.59. The Balaban J connectivity index is 1.87. The first-order valence-corrected chi connectivity index (χ1v) is 8.45. The quantitative estimate of drug-likeness (QED) is 0.761. The first kappa shape index (κ1) is 16.1. The molecule has 0 aliphatic carbocycles. The molecule has 4 rings (SSSR count). The summed E-state index contributed by atoms with van der Waals surface area (Å²) in [5, 5.41) is 16.2. The lowest BCUT2D eigenvalue weighted by Crippen LogP contribution is -2.50. The molecule has 0 amide bonds. The molecule has 0 radical (unpaired) electrons. The summed E-state index contributed by atoms with van der Waals surface area (Å²) in [4.78, 5) is 4.20. The van der Waals surface area contributed by atoms with Crippen molar-refractivity contribution in [1.29, 1.82) is 0 Å². The second-order valence-corrected chi connectivity index (χ2v) is 7.11. The van der Waals surface area contributed by atoms with Crippen molar-refractivity contribution in [3.05, 3.63) is 65.6 Å². The van der Waals surface area contributed by atoms with Crippen molar-refractivity contribution in [1.82, 2.24) is 14.8 Å². The van der Waals surface area contributed by atoms with Crippen molar-refractivity contribution >= 4 is 11.6 Å². The van der Waals surface area contributed by atoms with Crippen LogP contribution in [0.3, 0.4) is 0 Å². The normalized spacial score (nSPS) is 21.4. The summed E-state index contributed by atoms with van der Waals surface area (Å²) in [5.74, 6) is 0.716. The Hall–Kier alpha value is -2.37. The number of nitrogens with zero attached hydrogens (tertiary/aromatic N) is 3. The number of aliphatic hydroxyl groups excluding tert-OH is 1. The Bertz CT molecular complexity index is 905. The van der Waals surface area contributed by atoms with Gasteiger partial charge in [-0.25, -0.2) is 0 Å². The van der Waals surface area contributed by atoms with Crippen LogP contribution < -0.4 is 4.74 Å². The molecule has 128 valence electrons. The van der Waals surface area contributed by atoms with Crippen molar-refractivity contribution in [3.63, 3.8) is 0 Å². The third kappa shape index (κ3) is 2.69. The van der Waals surface area contributed by atoms with E-state index in [4.69, 9.17) is 16.3 Å². The van der Waals surface area contributed by atoms with E-state index in [1.807, 2.05) is 54.9 Å². The molecule has 5 nitrogen and oxygen atoms in total. The van der Waals surface area contributed by atoms with E-state index in [1.165, 1.54) is 0 Å². The highest BCUT2D eigenvalue weighted by Gasteiger charge is 2.44. The van der Waals surface area contributed by atoms with Crippen LogP contribution in [0.4, 0.5) is 0 Å². The highest BCUT2D eigenvalue weighted by Crippen LogP contribution is 2.42. The highest BCUT2D eigenvalue weighted by atomic mass is 35.5. The van der Waals surface area contributed by atoms with Crippen LogP contribution in [0.1, 0.15) is 25.5 Å². The molecule has 3 heterocycles. The highest BCUT2D eigenvalue weighted by molar-refractivity contribution is 6.30. The number of fused-ring (bicyclic) bond motifs is 1. The third-order valence-corrected chi connectivity index (χ3v) is 4.84. The first-order chi connectivity index (χ1) is 12.0. The summed E-state index contributed by atoms with van der Waals surface area (Å²) < 4.78 is 7.80. The maximum Gasteiger partial charge on any atom is 0.132 e. The molecule has 1 aliphatic heterocycles. The maximum atomic E-state index is 11.0. The SMILES string of the molecule is CC1(C)Oc2ccncc2[C@@H](n2nccc2-c2ccc(Cl)cc2)[C@@H]1O. The van der Waals surface area contributed by atoms with Gasteiger partial charge >= 0.3 is 0 Å². The maximum absolute atomic E-state index is 11.0. The predicted octanol–water partition coefficient (Wildman–Crippen LogP) is 3.72. The summed E-state index contributed by atoms with van der Waals surface area (Å²) in [6, 6.07) is 10.9. The van der Waals surface area contributed by atoms with E-state index in [0.717, 1.165) is 16.8 Å². The van der Waals surface area contributed by atoms with Gasteiger partial charge < -0.3 is 9.84 Å². The number of hydrogen-bond donors (Lipinski definition) is 1. The number of hydrogen-bond acceptors (Lipinski definition) is 4. The zero-order valence-electron chi connectivity index (χ0n) is 13.9. The Morgan fingerprint density at radius 1 is 1.12 bits per heavy atom. The predicted molar refractivity (Wildman–Crippen MR) is 95.8 cm³/mol. The molecule has 1 aromatic carbocycles. The standard InChI is InChI=1S/C19H18ClN3O2/c1-19(2)18(24)17(14-11-21-9-8-16(14)25-19)23-15(7-10-22-23)12-3-5-13(20)6-4-12/h3-11,17-18,24H,1-2H3/t17-,18+/m1/s1. The zero-order valence-corrected chi connectivity index (χ0v) is 14.7. The number of ether oxygens (including phenoxy) is 1. The van der Waals surface area contributed by atoms with Gasteiger partial charge in [-0.15, -0.1) is 0 Å². The second kappa shape index (κ2) is 5.86. The average molecular weight is 356 g/mol. The van der Waals surface area contributed by atoms with Gasteiger partial charge in [0.25, 0.3) is 0 Å². The monoisotopic (exact) mass is 355 g/mol. The van der Waals surface area contributed by atoms with Gasteiger partial charge in [-0.05, 0) is 43.7 Å². The molecule has 1 N–H and O–H groups in total. The number of rotatable bonds is 2. The first-order valence-electron chi connectivity index (χ1n) is 8.08. The van der Waals surface area contributed by atoms with Gasteiger partial charge in [0.2, 0.25) is 0 Å². The Morgan fingerprint density at radius 2 is 1.88 bits per heavy atom. The van der Waals surface area contributed by atoms with Crippen LogP contribution in [0, 0.1) is 0 Å². The Morgan fingerprint density at radius 3 is 2.64 bits per heavy atom. The minimum atomic E-state index is -0.782. The van der Waals surface area contributed by atoms with Crippen LogP contribution in [0.5, 0.6) is 5.75 Å². The van der Waals surface area contributed by atoms with Crippen LogP contribution in [-0.4, -0.2) is 31.6 Å². The fraction of sp³-hybridized carbons (Fsp3) is 0.263. The molecular formula is C19H18ClN3O2. The van der Waals surface area contributed by atoms with E-state index in [9.17, 15) is 5.11 Å². The Kier molecular flexibility index (Phi) is 3.78. The van der Waals surface area contributed by atoms with Gasteiger partial charge in [0.1, 0.15) is 23.5 Å². The number of benzene rings is 1. The molecular weight excluding hydrogens is 338 g/mol. The van der Waals surface area contributed by atoms with Crippen molar-refractivity contribution in [2.24, 2.45) is 0 Å². The van der Waals surface area contributed by atoms with Crippen LogP contribution in [0.15, 0.2) is 55.0 Å². The molecule has 0 saturated heterocycles. The smallest absolute Gasteiger partial charge is 0.132 e. The largest absolute Gasteiger partial charge is 0.485 e. The van der Waals surface area contributed by atoms with Gasteiger partial charge in [0.05, 0.1) is 5.69 Å². The van der Waals surface area contributed by atoms with Gasteiger partial charge in [0.15, 0.2) is 0 Å². The van der Waals surface area contributed by atoms with Gasteiger partial charge in [-0.1, -0.05) is 23.7 Å². The molecule has 0 saturated carbocycles. The summed E-state index contributed by atoms with van der Waals surface area (Å²) in [5.41, 5.74) is 1.94. The molecule has 0 fully saturated rings. The van der Waals surface area contributed by atoms with Crippen molar-refractivity contribution < 1.29 is 9.84 Å². The van der Waals surface area contributed by atoms with Crippen LogP contribution >= 0.6 is 11.6 Å². The van der Waals surface area contributed by atoms with Crippen molar-refractivity contribution in [2.45, 2.75) is 31.6 Å². The minimum Gasteiger partial charge on any atom is -0.485 e. The summed E-state index contributed by atoms with van der Waals surface area (Å²) in [7, 11) is 0. The molecule has 6 heteroatoms. The molecule has 0 unspecified atom stereocenters. The summed E-state index contributed by atoms with van der Waals surface area (Å²) >= 11 is 6.00. The molecule has 1 aliphatic rings. The van der Waals surface area contributed by atoms with E-state index >= 15 is 0 Å². The number of halogens is 1. The fourth-order valence-electron chi connectivity index (χ4n) is 3.25.